The van der Waals surface area contributed by atoms with Crippen molar-refractivity contribution in [3.05, 3.63) is 65.2 Å². The van der Waals surface area contributed by atoms with Crippen LogP contribution in [0.15, 0.2) is 48.5 Å². The highest BCUT2D eigenvalue weighted by Crippen LogP contribution is 2.12. The Morgan fingerprint density at radius 3 is 2.50 bits per heavy atom. The van der Waals surface area contributed by atoms with Gasteiger partial charge in [-0.2, -0.15) is 5.26 Å². The average Bonchev–Trinajstić information content (AvgIpc) is 2.71. The first-order valence-corrected chi connectivity index (χ1v) is 9.63. The van der Waals surface area contributed by atoms with Gasteiger partial charge in [-0.25, -0.2) is 4.79 Å². The number of esters is 1. The van der Waals surface area contributed by atoms with Crippen LogP contribution in [0.5, 0.6) is 0 Å². The molecule has 7 heteroatoms. The highest BCUT2D eigenvalue weighted by Gasteiger charge is 2.25. The molecule has 1 atom stereocenters. The van der Waals surface area contributed by atoms with Crippen molar-refractivity contribution in [3.63, 3.8) is 0 Å². The third kappa shape index (κ3) is 6.74. The zero-order valence-corrected chi connectivity index (χ0v) is 17.3. The first kappa shape index (κ1) is 22.6. The second kappa shape index (κ2) is 10.8. The van der Waals surface area contributed by atoms with Gasteiger partial charge < -0.3 is 15.4 Å². The fourth-order valence-corrected chi connectivity index (χ4v) is 2.85. The first-order chi connectivity index (χ1) is 14.3. The van der Waals surface area contributed by atoms with Crippen molar-refractivity contribution in [2.75, 3.05) is 11.9 Å². The van der Waals surface area contributed by atoms with Gasteiger partial charge in [0.25, 0.3) is 11.8 Å². The maximum atomic E-state index is 12.6. The van der Waals surface area contributed by atoms with Gasteiger partial charge in [0.15, 0.2) is 6.61 Å². The lowest BCUT2D eigenvalue weighted by atomic mass is 10.0. The normalized spacial score (nSPS) is 11.3. The molecule has 2 aromatic rings. The SMILES string of the molecule is Cc1ccccc1C(=O)N[C@@H](CC(C)C)C(=O)OCC(=O)Nc1cccc(C#N)c1. The van der Waals surface area contributed by atoms with Gasteiger partial charge in [0.2, 0.25) is 0 Å². The number of hydrogen-bond acceptors (Lipinski definition) is 5. The molecular formula is C23H25N3O4. The van der Waals surface area contributed by atoms with Crippen molar-refractivity contribution in [2.45, 2.75) is 33.2 Å². The van der Waals surface area contributed by atoms with Crippen molar-refractivity contribution in [1.82, 2.24) is 5.32 Å². The Bertz CT molecular complexity index is 963. The van der Waals surface area contributed by atoms with E-state index in [1.165, 1.54) is 6.07 Å². The monoisotopic (exact) mass is 407 g/mol. The zero-order valence-electron chi connectivity index (χ0n) is 17.3. The molecule has 0 heterocycles. The number of hydrogen-bond donors (Lipinski definition) is 2. The standard InChI is InChI=1S/C23H25N3O4/c1-15(2)11-20(26-22(28)19-10-5-4-7-16(19)3)23(29)30-14-21(27)25-18-9-6-8-17(12-18)13-24/h4-10,12,15,20H,11,14H2,1-3H3,(H,25,27)(H,26,28)/t20-/m0/s1. The number of aryl methyl sites for hydroxylation is 1. The Morgan fingerprint density at radius 1 is 1.10 bits per heavy atom. The van der Waals surface area contributed by atoms with E-state index in [1.54, 1.807) is 30.3 Å². The molecule has 7 nitrogen and oxygen atoms in total. The van der Waals surface area contributed by atoms with Gasteiger partial charge in [-0.15, -0.1) is 0 Å². The smallest absolute Gasteiger partial charge is 0.329 e. The molecular weight excluding hydrogens is 382 g/mol. The van der Waals surface area contributed by atoms with E-state index in [4.69, 9.17) is 10.00 Å². The topological polar surface area (TPSA) is 108 Å². The van der Waals surface area contributed by atoms with Crippen LogP contribution in [0.2, 0.25) is 0 Å². The van der Waals surface area contributed by atoms with E-state index in [2.05, 4.69) is 10.6 Å². The van der Waals surface area contributed by atoms with Crippen LogP contribution in [-0.2, 0) is 14.3 Å². The molecule has 2 aromatic carbocycles. The molecule has 0 bridgehead atoms. The Balaban J connectivity index is 1.97. The molecule has 0 unspecified atom stereocenters. The summed E-state index contributed by atoms with van der Waals surface area (Å²) in [5.41, 5.74) is 2.11. The predicted molar refractivity (Wildman–Crippen MR) is 113 cm³/mol. The van der Waals surface area contributed by atoms with Crippen LogP contribution in [0.4, 0.5) is 5.69 Å². The van der Waals surface area contributed by atoms with Gasteiger partial charge in [0.05, 0.1) is 11.6 Å². The number of carbonyl (C=O) groups is 3. The van der Waals surface area contributed by atoms with E-state index in [1.807, 2.05) is 39.0 Å². The fraction of sp³-hybridized carbons (Fsp3) is 0.304. The third-order valence-corrected chi connectivity index (χ3v) is 4.31. The molecule has 30 heavy (non-hydrogen) atoms. The summed E-state index contributed by atoms with van der Waals surface area (Å²) in [5.74, 6) is -1.45. The Labute approximate surface area is 176 Å². The maximum absolute atomic E-state index is 12.6. The number of anilines is 1. The summed E-state index contributed by atoms with van der Waals surface area (Å²) in [6.45, 7) is 5.17. The minimum atomic E-state index is -0.869. The van der Waals surface area contributed by atoms with Gasteiger partial charge >= 0.3 is 5.97 Å². The lowest BCUT2D eigenvalue weighted by molar-refractivity contribution is -0.149. The van der Waals surface area contributed by atoms with E-state index in [0.717, 1.165) is 5.56 Å². The molecule has 0 saturated heterocycles. The molecule has 2 amide bonds. The number of nitriles is 1. The number of nitrogens with zero attached hydrogens (tertiary/aromatic N) is 1. The van der Waals surface area contributed by atoms with Gasteiger partial charge in [-0.1, -0.05) is 38.1 Å². The highest BCUT2D eigenvalue weighted by molar-refractivity contribution is 5.98. The quantitative estimate of drug-likeness (QED) is 0.653. The average molecular weight is 407 g/mol. The van der Waals surface area contributed by atoms with E-state index < -0.39 is 24.5 Å². The minimum Gasteiger partial charge on any atom is -0.454 e. The molecule has 2 N–H and O–H groups in total. The molecule has 0 fully saturated rings. The Morgan fingerprint density at radius 2 is 1.83 bits per heavy atom. The number of amides is 2. The van der Waals surface area contributed by atoms with Crippen molar-refractivity contribution < 1.29 is 19.1 Å². The van der Waals surface area contributed by atoms with Crippen LogP contribution in [0.1, 0.15) is 41.8 Å². The van der Waals surface area contributed by atoms with Gasteiger partial charge in [-0.05, 0) is 49.1 Å². The number of ether oxygens (including phenoxy) is 1. The fourth-order valence-electron chi connectivity index (χ4n) is 2.85. The number of nitrogens with one attached hydrogen (secondary N) is 2. The van der Waals surface area contributed by atoms with Crippen molar-refractivity contribution in [2.24, 2.45) is 5.92 Å². The Hall–Kier alpha value is -3.66. The van der Waals surface area contributed by atoms with E-state index >= 15 is 0 Å². The summed E-state index contributed by atoms with van der Waals surface area (Å²) >= 11 is 0. The first-order valence-electron chi connectivity index (χ1n) is 9.63. The highest BCUT2D eigenvalue weighted by atomic mass is 16.5. The summed E-state index contributed by atoms with van der Waals surface area (Å²) in [7, 11) is 0. The van der Waals surface area contributed by atoms with Gasteiger partial charge in [-0.3, -0.25) is 9.59 Å². The molecule has 2 rings (SSSR count). The van der Waals surface area contributed by atoms with E-state index in [9.17, 15) is 14.4 Å². The summed E-state index contributed by atoms with van der Waals surface area (Å²) in [6, 6.07) is 14.6. The summed E-state index contributed by atoms with van der Waals surface area (Å²) in [4.78, 5) is 37.2. The molecule has 0 saturated carbocycles. The zero-order chi connectivity index (χ0) is 22.1. The second-order valence-corrected chi connectivity index (χ2v) is 7.32. The molecule has 0 aliphatic carbocycles. The summed E-state index contributed by atoms with van der Waals surface area (Å²) in [6.07, 6.45) is 0.377. The van der Waals surface area contributed by atoms with Crippen LogP contribution in [0, 0.1) is 24.2 Å². The molecule has 0 aromatic heterocycles. The lowest BCUT2D eigenvalue weighted by Crippen LogP contribution is -2.43. The third-order valence-electron chi connectivity index (χ3n) is 4.31. The second-order valence-electron chi connectivity index (χ2n) is 7.32. The summed E-state index contributed by atoms with van der Waals surface area (Å²) in [5, 5.41) is 14.2. The van der Waals surface area contributed by atoms with Crippen LogP contribution in [0.25, 0.3) is 0 Å². The molecule has 0 radical (unpaired) electrons. The van der Waals surface area contributed by atoms with Gasteiger partial charge in [0.1, 0.15) is 6.04 Å². The molecule has 156 valence electrons. The lowest BCUT2D eigenvalue weighted by Gasteiger charge is -2.20. The minimum absolute atomic E-state index is 0.127. The van der Waals surface area contributed by atoms with Crippen molar-refractivity contribution in [3.8, 4) is 6.07 Å². The molecule has 0 spiro atoms. The largest absolute Gasteiger partial charge is 0.454 e. The number of rotatable bonds is 8. The van der Waals surface area contributed by atoms with Crippen LogP contribution in [-0.4, -0.2) is 30.4 Å². The predicted octanol–water partition coefficient (Wildman–Crippen LogP) is 3.19. The van der Waals surface area contributed by atoms with Crippen LogP contribution in [0.3, 0.4) is 0 Å². The number of carbonyl (C=O) groups excluding carboxylic acids is 3. The molecule has 0 aliphatic heterocycles. The van der Waals surface area contributed by atoms with E-state index in [-0.39, 0.29) is 11.8 Å². The van der Waals surface area contributed by atoms with E-state index in [0.29, 0.717) is 23.2 Å². The van der Waals surface area contributed by atoms with Gasteiger partial charge in [0, 0.05) is 11.3 Å². The van der Waals surface area contributed by atoms with Crippen LogP contribution >= 0.6 is 0 Å². The molecule has 0 aliphatic rings. The van der Waals surface area contributed by atoms with Crippen LogP contribution < -0.4 is 10.6 Å². The van der Waals surface area contributed by atoms with Crippen molar-refractivity contribution in [1.29, 1.82) is 5.26 Å². The van der Waals surface area contributed by atoms with Crippen molar-refractivity contribution >= 4 is 23.5 Å². The number of benzene rings is 2. The summed E-state index contributed by atoms with van der Waals surface area (Å²) < 4.78 is 5.13. The maximum Gasteiger partial charge on any atom is 0.329 e. The Kier molecular flexibility index (Phi) is 8.12.